The molecule has 6 heteroatoms. The van der Waals surface area contributed by atoms with Crippen LogP contribution in [-0.2, 0) is 13.0 Å². The number of rotatable bonds is 8. The smallest absolute Gasteiger partial charge is 0.225 e. The number of halogens is 1. The lowest BCUT2D eigenvalue weighted by Gasteiger charge is -2.12. The van der Waals surface area contributed by atoms with Gasteiger partial charge in [0.25, 0.3) is 0 Å². The zero-order valence-electron chi connectivity index (χ0n) is 15.5. The van der Waals surface area contributed by atoms with Gasteiger partial charge in [-0.25, -0.2) is 9.37 Å². The summed E-state index contributed by atoms with van der Waals surface area (Å²) >= 11 is 0. The number of hydrogen-bond donors (Lipinski definition) is 2. The summed E-state index contributed by atoms with van der Waals surface area (Å²) in [6.45, 7) is 3.21. The number of aryl methyl sites for hydroxylation is 1. The molecule has 0 fully saturated rings. The largest absolute Gasteiger partial charge is 0.496 e. The van der Waals surface area contributed by atoms with Gasteiger partial charge < -0.3 is 15.4 Å². The Hall–Kier alpha value is -3.15. The molecule has 0 saturated heterocycles. The third kappa shape index (κ3) is 5.41. The lowest BCUT2D eigenvalue weighted by Crippen LogP contribution is -2.10. The molecule has 0 aliphatic carbocycles. The SMILES string of the molecule is COc1ccccc1CNc1nc(C)cc(NCCc2ccc(F)cc2)n1. The topological polar surface area (TPSA) is 59.1 Å². The van der Waals surface area contributed by atoms with Crippen molar-refractivity contribution in [1.29, 1.82) is 0 Å². The molecule has 2 aromatic carbocycles. The van der Waals surface area contributed by atoms with Gasteiger partial charge in [0.2, 0.25) is 5.95 Å². The minimum absolute atomic E-state index is 0.219. The number of nitrogens with zero attached hydrogens (tertiary/aromatic N) is 2. The average Bonchev–Trinajstić information content (AvgIpc) is 2.68. The molecule has 0 radical (unpaired) electrons. The van der Waals surface area contributed by atoms with Crippen molar-refractivity contribution in [2.45, 2.75) is 19.9 Å². The highest BCUT2D eigenvalue weighted by Gasteiger charge is 2.05. The van der Waals surface area contributed by atoms with Gasteiger partial charge in [0.05, 0.1) is 7.11 Å². The summed E-state index contributed by atoms with van der Waals surface area (Å²) in [4.78, 5) is 8.95. The van der Waals surface area contributed by atoms with E-state index in [0.717, 1.165) is 34.8 Å². The normalized spacial score (nSPS) is 10.5. The number of ether oxygens (including phenoxy) is 1. The van der Waals surface area contributed by atoms with Crippen LogP contribution in [0.5, 0.6) is 5.75 Å². The molecule has 3 rings (SSSR count). The van der Waals surface area contributed by atoms with E-state index in [-0.39, 0.29) is 5.82 Å². The fourth-order valence-corrected chi connectivity index (χ4v) is 2.75. The Morgan fingerprint density at radius 1 is 1.00 bits per heavy atom. The molecule has 0 spiro atoms. The second-order valence-electron chi connectivity index (χ2n) is 6.19. The molecule has 27 heavy (non-hydrogen) atoms. The fourth-order valence-electron chi connectivity index (χ4n) is 2.75. The van der Waals surface area contributed by atoms with Crippen molar-refractivity contribution in [1.82, 2.24) is 9.97 Å². The van der Waals surface area contributed by atoms with Gasteiger partial charge in [0.1, 0.15) is 17.4 Å². The maximum Gasteiger partial charge on any atom is 0.225 e. The number of anilines is 2. The molecular formula is C21H23FN4O. The maximum atomic E-state index is 13.0. The molecule has 1 heterocycles. The zero-order valence-corrected chi connectivity index (χ0v) is 15.5. The Kier molecular flexibility index (Phi) is 6.20. The zero-order chi connectivity index (χ0) is 19.1. The summed E-state index contributed by atoms with van der Waals surface area (Å²) in [5.74, 6) is 1.93. The summed E-state index contributed by atoms with van der Waals surface area (Å²) in [6.07, 6.45) is 0.785. The maximum absolute atomic E-state index is 13.0. The second-order valence-corrected chi connectivity index (χ2v) is 6.19. The van der Waals surface area contributed by atoms with Crippen molar-refractivity contribution in [3.05, 3.63) is 77.2 Å². The van der Waals surface area contributed by atoms with Gasteiger partial charge in [-0.15, -0.1) is 0 Å². The molecule has 0 amide bonds. The van der Waals surface area contributed by atoms with E-state index in [0.29, 0.717) is 19.0 Å². The van der Waals surface area contributed by atoms with Crippen LogP contribution in [0.3, 0.4) is 0 Å². The molecule has 3 aromatic rings. The van der Waals surface area contributed by atoms with Gasteiger partial charge in [-0.3, -0.25) is 0 Å². The first-order chi connectivity index (χ1) is 13.1. The van der Waals surface area contributed by atoms with Crippen LogP contribution in [0.15, 0.2) is 54.6 Å². The molecule has 1 aromatic heterocycles. The number of aromatic nitrogens is 2. The lowest BCUT2D eigenvalue weighted by molar-refractivity contribution is 0.410. The van der Waals surface area contributed by atoms with E-state index in [9.17, 15) is 4.39 Å². The highest BCUT2D eigenvalue weighted by Crippen LogP contribution is 2.18. The number of hydrogen-bond acceptors (Lipinski definition) is 5. The van der Waals surface area contributed by atoms with Crippen LogP contribution in [0.1, 0.15) is 16.8 Å². The minimum atomic E-state index is -0.219. The van der Waals surface area contributed by atoms with E-state index in [1.54, 1.807) is 19.2 Å². The predicted molar refractivity (Wildman–Crippen MR) is 106 cm³/mol. The standard InChI is InChI=1S/C21H23FN4O/c1-15-13-20(23-12-11-16-7-9-18(22)10-8-16)26-21(25-15)24-14-17-5-3-4-6-19(17)27-2/h3-10,13H,11-12,14H2,1-2H3,(H2,23,24,25,26). The highest BCUT2D eigenvalue weighted by molar-refractivity contribution is 5.43. The van der Waals surface area contributed by atoms with Crippen LogP contribution < -0.4 is 15.4 Å². The van der Waals surface area contributed by atoms with E-state index < -0.39 is 0 Å². The minimum Gasteiger partial charge on any atom is -0.496 e. The Balaban J connectivity index is 1.59. The van der Waals surface area contributed by atoms with E-state index >= 15 is 0 Å². The lowest BCUT2D eigenvalue weighted by atomic mass is 10.1. The summed E-state index contributed by atoms with van der Waals surface area (Å²) in [5.41, 5.74) is 2.98. The average molecular weight is 366 g/mol. The highest BCUT2D eigenvalue weighted by atomic mass is 19.1. The van der Waals surface area contributed by atoms with Crippen LogP contribution in [-0.4, -0.2) is 23.6 Å². The Bertz CT molecular complexity index is 884. The number of para-hydroxylation sites is 1. The fraction of sp³-hybridized carbons (Fsp3) is 0.238. The molecule has 0 atom stereocenters. The molecule has 2 N–H and O–H groups in total. The Morgan fingerprint density at radius 3 is 2.56 bits per heavy atom. The summed E-state index contributed by atoms with van der Waals surface area (Å²) in [5, 5.41) is 6.55. The molecule has 140 valence electrons. The third-order valence-corrected chi connectivity index (χ3v) is 4.12. The van der Waals surface area contributed by atoms with Gasteiger partial charge in [-0.1, -0.05) is 30.3 Å². The Labute approximate surface area is 158 Å². The molecule has 5 nitrogen and oxygen atoms in total. The van der Waals surface area contributed by atoms with Crippen molar-refractivity contribution in [2.75, 3.05) is 24.3 Å². The van der Waals surface area contributed by atoms with Gasteiger partial charge in [-0.2, -0.15) is 4.98 Å². The molecule has 0 aliphatic heterocycles. The van der Waals surface area contributed by atoms with Crippen molar-refractivity contribution in [2.24, 2.45) is 0 Å². The third-order valence-electron chi connectivity index (χ3n) is 4.12. The molecule has 0 saturated carbocycles. The monoisotopic (exact) mass is 366 g/mol. The molecular weight excluding hydrogens is 343 g/mol. The van der Waals surface area contributed by atoms with Crippen LogP contribution in [0, 0.1) is 12.7 Å². The van der Waals surface area contributed by atoms with Gasteiger partial charge >= 0.3 is 0 Å². The van der Waals surface area contributed by atoms with Crippen molar-refractivity contribution < 1.29 is 9.13 Å². The number of nitrogens with one attached hydrogen (secondary N) is 2. The summed E-state index contributed by atoms with van der Waals surface area (Å²) < 4.78 is 18.3. The first-order valence-corrected chi connectivity index (χ1v) is 8.84. The van der Waals surface area contributed by atoms with Crippen LogP contribution >= 0.6 is 0 Å². The number of methoxy groups -OCH3 is 1. The number of benzene rings is 2. The van der Waals surface area contributed by atoms with E-state index in [2.05, 4.69) is 20.6 Å². The first-order valence-electron chi connectivity index (χ1n) is 8.84. The summed E-state index contributed by atoms with van der Waals surface area (Å²) in [7, 11) is 1.66. The van der Waals surface area contributed by atoms with Crippen LogP contribution in [0.2, 0.25) is 0 Å². The second kappa shape index (κ2) is 8.98. The van der Waals surface area contributed by atoms with Crippen LogP contribution in [0.4, 0.5) is 16.2 Å². The van der Waals surface area contributed by atoms with E-state index in [4.69, 9.17) is 4.74 Å². The van der Waals surface area contributed by atoms with Gasteiger partial charge in [0, 0.05) is 30.4 Å². The van der Waals surface area contributed by atoms with Crippen molar-refractivity contribution in [3.8, 4) is 5.75 Å². The van der Waals surface area contributed by atoms with Crippen molar-refractivity contribution in [3.63, 3.8) is 0 Å². The van der Waals surface area contributed by atoms with E-state index in [1.807, 2.05) is 37.3 Å². The van der Waals surface area contributed by atoms with Crippen LogP contribution in [0.25, 0.3) is 0 Å². The first kappa shape index (κ1) is 18.6. The quantitative estimate of drug-likeness (QED) is 0.626. The molecule has 0 unspecified atom stereocenters. The predicted octanol–water partition coefficient (Wildman–Crippen LogP) is 4.20. The van der Waals surface area contributed by atoms with Crippen molar-refractivity contribution >= 4 is 11.8 Å². The Morgan fingerprint density at radius 2 is 1.78 bits per heavy atom. The molecule has 0 aliphatic rings. The van der Waals surface area contributed by atoms with Gasteiger partial charge in [-0.05, 0) is 37.1 Å². The van der Waals surface area contributed by atoms with E-state index in [1.165, 1.54) is 12.1 Å². The molecule has 0 bridgehead atoms. The summed E-state index contributed by atoms with van der Waals surface area (Å²) in [6, 6.07) is 16.3. The van der Waals surface area contributed by atoms with Gasteiger partial charge in [0.15, 0.2) is 0 Å².